The Morgan fingerprint density at radius 3 is 2.35 bits per heavy atom. The SMILES string of the molecule is Cc1c(N(C)C(=O)c2ccccc2)cccc1[N+](=O)[O-]. The molecule has 0 radical (unpaired) electrons. The van der Waals surface area contributed by atoms with Crippen molar-refractivity contribution in [2.75, 3.05) is 11.9 Å². The van der Waals surface area contributed by atoms with Crippen LogP contribution in [0.5, 0.6) is 0 Å². The van der Waals surface area contributed by atoms with E-state index in [1.165, 1.54) is 11.0 Å². The highest BCUT2D eigenvalue weighted by Crippen LogP contribution is 2.28. The number of anilines is 1. The molecule has 20 heavy (non-hydrogen) atoms. The Balaban J connectivity index is 2.39. The summed E-state index contributed by atoms with van der Waals surface area (Å²) >= 11 is 0. The first kappa shape index (κ1) is 13.7. The number of amides is 1. The van der Waals surface area contributed by atoms with Crippen LogP contribution < -0.4 is 4.90 Å². The van der Waals surface area contributed by atoms with E-state index in [1.807, 2.05) is 6.07 Å². The van der Waals surface area contributed by atoms with Gasteiger partial charge < -0.3 is 4.90 Å². The van der Waals surface area contributed by atoms with Gasteiger partial charge in [0.1, 0.15) is 0 Å². The fourth-order valence-electron chi connectivity index (χ4n) is 2.06. The maximum atomic E-state index is 12.3. The van der Waals surface area contributed by atoms with Crippen LogP contribution in [-0.2, 0) is 0 Å². The van der Waals surface area contributed by atoms with E-state index in [0.717, 1.165) is 0 Å². The largest absolute Gasteiger partial charge is 0.311 e. The summed E-state index contributed by atoms with van der Waals surface area (Å²) in [4.78, 5) is 24.3. The van der Waals surface area contributed by atoms with Crippen molar-refractivity contribution in [3.05, 3.63) is 69.8 Å². The first-order valence-corrected chi connectivity index (χ1v) is 6.09. The van der Waals surface area contributed by atoms with Crippen molar-refractivity contribution in [2.45, 2.75) is 6.92 Å². The topological polar surface area (TPSA) is 63.5 Å². The molecule has 5 heteroatoms. The number of nitro benzene ring substituents is 1. The van der Waals surface area contributed by atoms with Gasteiger partial charge in [0.25, 0.3) is 11.6 Å². The Morgan fingerprint density at radius 1 is 1.10 bits per heavy atom. The predicted octanol–water partition coefficient (Wildman–Crippen LogP) is 3.18. The summed E-state index contributed by atoms with van der Waals surface area (Å²) in [5.41, 5.74) is 1.56. The van der Waals surface area contributed by atoms with Gasteiger partial charge in [-0.1, -0.05) is 24.3 Å². The van der Waals surface area contributed by atoms with Crippen LogP contribution in [0.15, 0.2) is 48.5 Å². The van der Waals surface area contributed by atoms with E-state index in [1.54, 1.807) is 50.4 Å². The van der Waals surface area contributed by atoms with Crippen molar-refractivity contribution in [2.24, 2.45) is 0 Å². The third-order valence-corrected chi connectivity index (χ3v) is 3.16. The maximum Gasteiger partial charge on any atom is 0.274 e. The minimum absolute atomic E-state index is 0.00946. The van der Waals surface area contributed by atoms with Gasteiger partial charge in [-0.25, -0.2) is 0 Å². The minimum atomic E-state index is -0.445. The van der Waals surface area contributed by atoms with Crippen LogP contribution in [-0.4, -0.2) is 17.9 Å². The van der Waals surface area contributed by atoms with E-state index >= 15 is 0 Å². The van der Waals surface area contributed by atoms with E-state index in [9.17, 15) is 14.9 Å². The molecule has 0 atom stereocenters. The molecular weight excluding hydrogens is 256 g/mol. The molecule has 0 unspecified atom stereocenters. The summed E-state index contributed by atoms with van der Waals surface area (Å²) in [5, 5.41) is 10.9. The van der Waals surface area contributed by atoms with Gasteiger partial charge in [-0.15, -0.1) is 0 Å². The molecule has 0 fully saturated rings. The molecule has 0 bridgehead atoms. The third kappa shape index (κ3) is 2.51. The number of hydrogen-bond acceptors (Lipinski definition) is 3. The number of rotatable bonds is 3. The molecule has 0 saturated heterocycles. The van der Waals surface area contributed by atoms with Gasteiger partial charge in [-0.3, -0.25) is 14.9 Å². The normalized spacial score (nSPS) is 10.1. The van der Waals surface area contributed by atoms with Crippen LogP contribution in [0.3, 0.4) is 0 Å². The molecule has 2 aromatic rings. The second-order valence-electron chi connectivity index (χ2n) is 4.41. The summed E-state index contributed by atoms with van der Waals surface area (Å²) in [6.07, 6.45) is 0. The van der Waals surface area contributed by atoms with Crippen LogP contribution in [0, 0.1) is 17.0 Å². The molecule has 102 valence electrons. The number of benzene rings is 2. The summed E-state index contributed by atoms with van der Waals surface area (Å²) in [7, 11) is 1.61. The van der Waals surface area contributed by atoms with Crippen molar-refractivity contribution in [1.82, 2.24) is 0 Å². The Kier molecular flexibility index (Phi) is 3.79. The third-order valence-electron chi connectivity index (χ3n) is 3.16. The lowest BCUT2D eigenvalue weighted by Crippen LogP contribution is -2.27. The molecule has 0 aliphatic heterocycles. The van der Waals surface area contributed by atoms with Crippen molar-refractivity contribution in [1.29, 1.82) is 0 Å². The first-order valence-electron chi connectivity index (χ1n) is 6.09. The van der Waals surface area contributed by atoms with Crippen LogP contribution in [0.2, 0.25) is 0 Å². The van der Waals surface area contributed by atoms with E-state index in [0.29, 0.717) is 16.8 Å². The lowest BCUT2D eigenvalue weighted by atomic mass is 10.1. The average Bonchev–Trinajstić information content (AvgIpc) is 2.46. The number of nitro groups is 1. The van der Waals surface area contributed by atoms with Crippen molar-refractivity contribution in [3.8, 4) is 0 Å². The molecule has 0 spiro atoms. The number of nitrogens with zero attached hydrogens (tertiary/aromatic N) is 2. The van der Waals surface area contributed by atoms with Gasteiger partial charge in [-0.2, -0.15) is 0 Å². The van der Waals surface area contributed by atoms with E-state index in [2.05, 4.69) is 0 Å². The zero-order chi connectivity index (χ0) is 14.7. The molecule has 5 nitrogen and oxygen atoms in total. The second-order valence-corrected chi connectivity index (χ2v) is 4.41. The van der Waals surface area contributed by atoms with E-state index in [-0.39, 0.29) is 11.6 Å². The molecular formula is C15H14N2O3. The molecule has 2 aromatic carbocycles. The highest BCUT2D eigenvalue weighted by molar-refractivity contribution is 6.06. The Labute approximate surface area is 116 Å². The van der Waals surface area contributed by atoms with Crippen LogP contribution in [0.1, 0.15) is 15.9 Å². The lowest BCUT2D eigenvalue weighted by molar-refractivity contribution is -0.385. The van der Waals surface area contributed by atoms with Crippen molar-refractivity contribution >= 4 is 17.3 Å². The maximum absolute atomic E-state index is 12.3. The Bertz CT molecular complexity index is 653. The quantitative estimate of drug-likeness (QED) is 0.635. The molecule has 0 aliphatic rings. The summed E-state index contributed by atoms with van der Waals surface area (Å²) in [6, 6.07) is 13.5. The standard InChI is InChI=1S/C15H14N2O3/c1-11-13(9-6-10-14(11)17(19)20)16(2)15(18)12-7-4-3-5-8-12/h3-10H,1-2H3. The molecule has 1 amide bonds. The van der Waals surface area contributed by atoms with Gasteiger partial charge >= 0.3 is 0 Å². The highest BCUT2D eigenvalue weighted by atomic mass is 16.6. The van der Waals surface area contributed by atoms with Gasteiger partial charge in [0.15, 0.2) is 0 Å². The predicted molar refractivity (Wildman–Crippen MR) is 77.0 cm³/mol. The van der Waals surface area contributed by atoms with Crippen LogP contribution in [0.25, 0.3) is 0 Å². The monoisotopic (exact) mass is 270 g/mol. The smallest absolute Gasteiger partial charge is 0.274 e. The summed E-state index contributed by atoms with van der Waals surface area (Å²) in [6.45, 7) is 1.64. The fraction of sp³-hybridized carbons (Fsp3) is 0.133. The van der Waals surface area contributed by atoms with E-state index < -0.39 is 4.92 Å². The van der Waals surface area contributed by atoms with Crippen molar-refractivity contribution < 1.29 is 9.72 Å². The second kappa shape index (κ2) is 5.52. The zero-order valence-corrected chi connectivity index (χ0v) is 11.2. The van der Waals surface area contributed by atoms with Gasteiger partial charge in [0, 0.05) is 18.7 Å². The van der Waals surface area contributed by atoms with Crippen molar-refractivity contribution in [3.63, 3.8) is 0 Å². The first-order chi connectivity index (χ1) is 9.52. The number of hydrogen-bond donors (Lipinski definition) is 0. The van der Waals surface area contributed by atoms with Gasteiger partial charge in [0.05, 0.1) is 16.2 Å². The molecule has 0 heterocycles. The van der Waals surface area contributed by atoms with Gasteiger partial charge in [-0.05, 0) is 25.1 Å². The molecule has 0 aromatic heterocycles. The van der Waals surface area contributed by atoms with Crippen LogP contribution in [0.4, 0.5) is 11.4 Å². The van der Waals surface area contributed by atoms with E-state index in [4.69, 9.17) is 0 Å². The lowest BCUT2D eigenvalue weighted by Gasteiger charge is -2.19. The molecule has 2 rings (SSSR count). The number of carbonyl (C=O) groups excluding carboxylic acids is 1. The fourth-order valence-corrected chi connectivity index (χ4v) is 2.06. The molecule has 0 saturated carbocycles. The Hall–Kier alpha value is -2.69. The number of carbonyl (C=O) groups is 1. The summed E-state index contributed by atoms with van der Waals surface area (Å²) < 4.78 is 0. The minimum Gasteiger partial charge on any atom is -0.311 e. The van der Waals surface area contributed by atoms with Crippen LogP contribution >= 0.6 is 0 Å². The molecule has 0 aliphatic carbocycles. The highest BCUT2D eigenvalue weighted by Gasteiger charge is 2.19. The van der Waals surface area contributed by atoms with Gasteiger partial charge in [0.2, 0.25) is 0 Å². The molecule has 0 N–H and O–H groups in total. The zero-order valence-electron chi connectivity index (χ0n) is 11.2. The average molecular weight is 270 g/mol. The summed E-state index contributed by atoms with van der Waals surface area (Å²) in [5.74, 6) is -0.200. The Morgan fingerprint density at radius 2 is 1.75 bits per heavy atom.